The smallest absolute Gasteiger partial charge is 0.317 e. The van der Waals surface area contributed by atoms with E-state index in [9.17, 15) is 18.7 Å². The number of likely N-dealkylation sites (tertiary alicyclic amines) is 1. The lowest BCUT2D eigenvalue weighted by Gasteiger charge is -2.40. The number of hydrogen-bond donors (Lipinski definition) is 2. The first-order valence-corrected chi connectivity index (χ1v) is 8.02. The highest BCUT2D eigenvalue weighted by molar-refractivity contribution is 5.74. The van der Waals surface area contributed by atoms with Crippen molar-refractivity contribution in [1.82, 2.24) is 10.2 Å². The summed E-state index contributed by atoms with van der Waals surface area (Å²) in [6.07, 6.45) is 2.43. The summed E-state index contributed by atoms with van der Waals surface area (Å²) in [5, 5.41) is 12.3. The number of carbonyl (C=O) groups is 1. The molecule has 1 aromatic rings. The fourth-order valence-corrected chi connectivity index (χ4v) is 2.95. The van der Waals surface area contributed by atoms with Gasteiger partial charge in [0.15, 0.2) is 11.6 Å². The fraction of sp³-hybridized carbons (Fsp3) is 0.588. The lowest BCUT2D eigenvalue weighted by atomic mass is 9.77. The molecular weight excluding hydrogens is 302 g/mol. The minimum atomic E-state index is -0.919. The van der Waals surface area contributed by atoms with Crippen molar-refractivity contribution >= 4 is 6.03 Å². The Labute approximate surface area is 135 Å². The Bertz CT molecular complexity index is 552. The zero-order chi connectivity index (χ0) is 17.0. The van der Waals surface area contributed by atoms with Gasteiger partial charge >= 0.3 is 6.03 Å². The lowest BCUT2D eigenvalue weighted by molar-refractivity contribution is 0.0516. The molecule has 1 unspecified atom stereocenters. The number of benzene rings is 1. The molecular formula is C17H24F2N2O2. The molecule has 0 radical (unpaired) electrons. The fourth-order valence-electron chi connectivity index (χ4n) is 2.95. The highest BCUT2D eigenvalue weighted by Crippen LogP contribution is 2.34. The molecule has 0 aliphatic carbocycles. The third-order valence-corrected chi connectivity index (χ3v) is 4.98. The highest BCUT2D eigenvalue weighted by atomic mass is 19.2. The van der Waals surface area contributed by atoms with Gasteiger partial charge in [-0.3, -0.25) is 0 Å². The van der Waals surface area contributed by atoms with Gasteiger partial charge in [0, 0.05) is 19.7 Å². The molecule has 2 amide bonds. The number of hydrogen-bond acceptors (Lipinski definition) is 2. The first-order chi connectivity index (χ1) is 10.9. The maximum atomic E-state index is 13.3. The Morgan fingerprint density at radius 2 is 2.00 bits per heavy atom. The number of aliphatic hydroxyl groups excluding tert-OH is 1. The second kappa shape index (κ2) is 7.25. The molecule has 1 saturated heterocycles. The molecule has 1 heterocycles. The van der Waals surface area contributed by atoms with Crippen LogP contribution in [0.3, 0.4) is 0 Å². The van der Waals surface area contributed by atoms with Crippen LogP contribution in [0.4, 0.5) is 13.6 Å². The maximum absolute atomic E-state index is 13.3. The summed E-state index contributed by atoms with van der Waals surface area (Å²) in [5.41, 5.74) is 0.440. The van der Waals surface area contributed by atoms with Gasteiger partial charge in [0.05, 0.1) is 6.04 Å². The third-order valence-electron chi connectivity index (χ3n) is 4.98. The van der Waals surface area contributed by atoms with Gasteiger partial charge < -0.3 is 15.3 Å². The summed E-state index contributed by atoms with van der Waals surface area (Å²) in [5.74, 6) is -1.82. The van der Waals surface area contributed by atoms with E-state index in [0.29, 0.717) is 18.7 Å². The third kappa shape index (κ3) is 3.99. The van der Waals surface area contributed by atoms with Crippen LogP contribution in [0, 0.1) is 17.0 Å². The summed E-state index contributed by atoms with van der Waals surface area (Å²) in [7, 11) is 0. The standard InChI is InChI=1S/C17H24F2N2O2/c1-3-17(11-22)6-8-21(9-7-17)16(23)20-12(2)13-4-5-14(18)15(19)10-13/h4-5,10,12,22H,3,6-9,11H2,1-2H3,(H,20,23). The second-order valence-electron chi connectivity index (χ2n) is 6.34. The van der Waals surface area contributed by atoms with Gasteiger partial charge in [0.2, 0.25) is 0 Å². The van der Waals surface area contributed by atoms with Gasteiger partial charge in [-0.2, -0.15) is 0 Å². The summed E-state index contributed by atoms with van der Waals surface area (Å²) in [4.78, 5) is 14.0. The van der Waals surface area contributed by atoms with Crippen LogP contribution in [0.2, 0.25) is 0 Å². The molecule has 4 nitrogen and oxygen atoms in total. The summed E-state index contributed by atoms with van der Waals surface area (Å²) in [6.45, 7) is 5.11. The van der Waals surface area contributed by atoms with Crippen molar-refractivity contribution in [3.05, 3.63) is 35.4 Å². The zero-order valence-electron chi connectivity index (χ0n) is 13.6. The van der Waals surface area contributed by atoms with E-state index >= 15 is 0 Å². The van der Waals surface area contributed by atoms with Crippen LogP contribution in [0.25, 0.3) is 0 Å². The highest BCUT2D eigenvalue weighted by Gasteiger charge is 2.34. The minimum absolute atomic E-state index is 0.0809. The van der Waals surface area contributed by atoms with Crippen LogP contribution >= 0.6 is 0 Å². The van der Waals surface area contributed by atoms with Gasteiger partial charge in [-0.1, -0.05) is 13.0 Å². The molecule has 1 aliphatic rings. The molecule has 0 bridgehead atoms. The van der Waals surface area contributed by atoms with Crippen molar-refractivity contribution < 1.29 is 18.7 Å². The topological polar surface area (TPSA) is 52.6 Å². The van der Waals surface area contributed by atoms with Crippen molar-refractivity contribution in [2.45, 2.75) is 39.2 Å². The monoisotopic (exact) mass is 326 g/mol. The van der Waals surface area contributed by atoms with Crippen molar-refractivity contribution in [3.8, 4) is 0 Å². The quantitative estimate of drug-likeness (QED) is 0.892. The largest absolute Gasteiger partial charge is 0.396 e. The molecule has 1 aromatic carbocycles. The molecule has 2 N–H and O–H groups in total. The minimum Gasteiger partial charge on any atom is -0.396 e. The van der Waals surface area contributed by atoms with Gasteiger partial charge in [0.1, 0.15) is 0 Å². The summed E-state index contributed by atoms with van der Waals surface area (Å²) < 4.78 is 26.2. The average molecular weight is 326 g/mol. The SMILES string of the molecule is CCC1(CO)CCN(C(=O)NC(C)c2ccc(F)c(F)c2)CC1. The molecule has 1 atom stereocenters. The number of aliphatic hydroxyl groups is 1. The molecule has 0 spiro atoms. The molecule has 128 valence electrons. The van der Waals surface area contributed by atoms with Crippen LogP contribution in [-0.4, -0.2) is 35.7 Å². The van der Waals surface area contributed by atoms with Crippen LogP contribution in [0.1, 0.15) is 44.7 Å². The predicted molar refractivity (Wildman–Crippen MR) is 83.9 cm³/mol. The van der Waals surface area contributed by atoms with Crippen molar-refractivity contribution in [2.75, 3.05) is 19.7 Å². The van der Waals surface area contributed by atoms with Crippen LogP contribution in [0.15, 0.2) is 18.2 Å². The van der Waals surface area contributed by atoms with Gasteiger partial charge in [-0.05, 0) is 49.3 Å². The summed E-state index contributed by atoms with van der Waals surface area (Å²) in [6, 6.07) is 3.00. The van der Waals surface area contributed by atoms with Gasteiger partial charge in [-0.15, -0.1) is 0 Å². The first-order valence-electron chi connectivity index (χ1n) is 8.02. The molecule has 0 aromatic heterocycles. The molecule has 1 fully saturated rings. The Balaban J connectivity index is 1.93. The Morgan fingerprint density at radius 1 is 1.35 bits per heavy atom. The van der Waals surface area contributed by atoms with Crippen molar-refractivity contribution in [3.63, 3.8) is 0 Å². The number of urea groups is 1. The lowest BCUT2D eigenvalue weighted by Crippen LogP contribution is -2.48. The Morgan fingerprint density at radius 3 is 2.52 bits per heavy atom. The molecule has 2 rings (SSSR count). The number of rotatable bonds is 4. The van der Waals surface area contributed by atoms with E-state index in [1.165, 1.54) is 6.07 Å². The van der Waals surface area contributed by atoms with E-state index in [1.54, 1.807) is 11.8 Å². The maximum Gasteiger partial charge on any atom is 0.317 e. The number of amides is 2. The second-order valence-corrected chi connectivity index (χ2v) is 6.34. The van der Waals surface area contributed by atoms with Gasteiger partial charge in [0.25, 0.3) is 0 Å². The Kier molecular flexibility index (Phi) is 5.57. The summed E-state index contributed by atoms with van der Waals surface area (Å²) >= 11 is 0. The molecule has 23 heavy (non-hydrogen) atoms. The van der Waals surface area contributed by atoms with Gasteiger partial charge in [-0.25, -0.2) is 13.6 Å². The van der Waals surface area contributed by atoms with E-state index in [0.717, 1.165) is 31.4 Å². The predicted octanol–water partition coefficient (Wildman–Crippen LogP) is 3.22. The normalized spacial score (nSPS) is 18.6. The van der Waals surface area contributed by atoms with Crippen LogP contribution in [-0.2, 0) is 0 Å². The number of nitrogens with one attached hydrogen (secondary N) is 1. The van der Waals surface area contributed by atoms with E-state index in [-0.39, 0.29) is 18.1 Å². The molecule has 1 aliphatic heterocycles. The average Bonchev–Trinajstić information content (AvgIpc) is 2.57. The number of halogens is 2. The van der Waals surface area contributed by atoms with Crippen molar-refractivity contribution in [1.29, 1.82) is 0 Å². The van der Waals surface area contributed by atoms with Crippen LogP contribution in [0.5, 0.6) is 0 Å². The Hall–Kier alpha value is -1.69. The van der Waals surface area contributed by atoms with Crippen LogP contribution < -0.4 is 5.32 Å². The number of carbonyl (C=O) groups excluding carboxylic acids is 1. The van der Waals surface area contributed by atoms with E-state index in [1.807, 2.05) is 0 Å². The van der Waals surface area contributed by atoms with E-state index < -0.39 is 17.7 Å². The number of nitrogens with zero attached hydrogens (tertiary/aromatic N) is 1. The van der Waals surface area contributed by atoms with Crippen molar-refractivity contribution in [2.24, 2.45) is 5.41 Å². The van der Waals surface area contributed by atoms with E-state index in [4.69, 9.17) is 0 Å². The molecule has 6 heteroatoms. The zero-order valence-corrected chi connectivity index (χ0v) is 13.6. The number of piperidine rings is 1. The van der Waals surface area contributed by atoms with E-state index in [2.05, 4.69) is 12.2 Å². The first kappa shape index (κ1) is 17.7. The molecule has 0 saturated carbocycles.